The predicted molar refractivity (Wildman–Crippen MR) is 116 cm³/mol. The van der Waals surface area contributed by atoms with E-state index >= 15 is 0 Å². The molecule has 1 fully saturated rings. The Balaban J connectivity index is 1.56. The number of aromatic nitrogens is 1. The van der Waals surface area contributed by atoms with Gasteiger partial charge in [0.15, 0.2) is 0 Å². The van der Waals surface area contributed by atoms with Gasteiger partial charge < -0.3 is 15.6 Å². The van der Waals surface area contributed by atoms with E-state index in [4.69, 9.17) is 5.73 Å². The number of rotatable bonds is 4. The molecule has 0 saturated carbocycles. The zero-order valence-corrected chi connectivity index (χ0v) is 16.3. The van der Waals surface area contributed by atoms with Crippen molar-refractivity contribution in [2.24, 2.45) is 10.7 Å². The Morgan fingerprint density at radius 1 is 1.10 bits per heavy atom. The minimum absolute atomic E-state index is 0.0282. The number of likely N-dealkylation sites (tertiary alicyclic amines) is 1. The fourth-order valence-electron chi connectivity index (χ4n) is 3.53. The third-order valence-electron chi connectivity index (χ3n) is 5.16. The Morgan fingerprint density at radius 2 is 1.83 bits per heavy atom. The van der Waals surface area contributed by atoms with E-state index in [1.54, 1.807) is 30.3 Å². The number of aliphatic imine (C=N–C) groups is 1. The Bertz CT molecular complexity index is 1210. The molecule has 1 saturated heterocycles. The molecule has 1 aliphatic rings. The number of pyridine rings is 1. The van der Waals surface area contributed by atoms with Crippen LogP contribution in [-0.2, 0) is 0 Å². The van der Waals surface area contributed by atoms with E-state index in [0.717, 1.165) is 25.9 Å². The standard InChI is InChI=1S/C23H21FN4O2/c24-18-5-8-21-16(11-18)12-20(22(29)27-21)17(13-25)14-26-19-6-3-15(4-7-19)23(30)28-9-1-2-10-28/h3-8,11-14H,1-2,9-10,25H2,(H,27,29). The number of nitrogens with zero attached hydrogens (tertiary/aromatic N) is 2. The first-order valence-corrected chi connectivity index (χ1v) is 9.73. The van der Waals surface area contributed by atoms with Crippen molar-refractivity contribution in [1.82, 2.24) is 9.88 Å². The van der Waals surface area contributed by atoms with E-state index in [0.29, 0.717) is 33.3 Å². The lowest BCUT2D eigenvalue weighted by atomic mass is 10.1. The number of carbonyl (C=O) groups is 1. The van der Waals surface area contributed by atoms with Gasteiger partial charge in [-0.25, -0.2) is 4.39 Å². The Hall–Kier alpha value is -3.74. The maximum absolute atomic E-state index is 13.5. The molecule has 2 heterocycles. The molecule has 0 radical (unpaired) electrons. The van der Waals surface area contributed by atoms with Crippen molar-refractivity contribution in [1.29, 1.82) is 0 Å². The van der Waals surface area contributed by atoms with Crippen LogP contribution < -0.4 is 11.3 Å². The molecule has 2 aromatic carbocycles. The maximum atomic E-state index is 13.5. The fraction of sp³-hybridized carbons (Fsp3) is 0.174. The average Bonchev–Trinajstić information content (AvgIpc) is 3.29. The number of hydrogen-bond donors (Lipinski definition) is 2. The maximum Gasteiger partial charge on any atom is 0.256 e. The number of hydrogen-bond acceptors (Lipinski definition) is 4. The first-order valence-electron chi connectivity index (χ1n) is 9.73. The van der Waals surface area contributed by atoms with Crippen LogP contribution in [0, 0.1) is 5.82 Å². The monoisotopic (exact) mass is 404 g/mol. The normalized spacial score (nSPS) is 14.7. The second kappa shape index (κ2) is 8.32. The smallest absolute Gasteiger partial charge is 0.256 e. The summed E-state index contributed by atoms with van der Waals surface area (Å²) in [6, 6.07) is 12.7. The molecule has 0 bridgehead atoms. The molecule has 30 heavy (non-hydrogen) atoms. The van der Waals surface area contributed by atoms with Crippen LogP contribution in [-0.4, -0.2) is 35.1 Å². The average molecular weight is 404 g/mol. The van der Waals surface area contributed by atoms with E-state index < -0.39 is 5.82 Å². The molecule has 1 amide bonds. The Labute approximate surface area is 172 Å². The number of nitrogens with one attached hydrogen (secondary N) is 1. The molecule has 3 aromatic rings. The van der Waals surface area contributed by atoms with E-state index in [-0.39, 0.29) is 11.5 Å². The number of H-pyrrole nitrogens is 1. The number of allylic oxidation sites excluding steroid dienone is 1. The van der Waals surface area contributed by atoms with Gasteiger partial charge in [-0.3, -0.25) is 14.6 Å². The van der Waals surface area contributed by atoms with Crippen molar-refractivity contribution in [3.05, 3.63) is 82.0 Å². The van der Waals surface area contributed by atoms with Gasteiger partial charge in [-0.2, -0.15) is 0 Å². The molecule has 0 atom stereocenters. The zero-order valence-electron chi connectivity index (χ0n) is 16.3. The predicted octanol–water partition coefficient (Wildman–Crippen LogP) is 3.61. The van der Waals surface area contributed by atoms with Crippen LogP contribution in [0.15, 0.2) is 64.5 Å². The molecule has 0 aliphatic carbocycles. The molecular formula is C23H21FN4O2. The van der Waals surface area contributed by atoms with Crippen LogP contribution in [0.2, 0.25) is 0 Å². The minimum Gasteiger partial charge on any atom is -0.404 e. The lowest BCUT2D eigenvalue weighted by Crippen LogP contribution is -2.27. The largest absolute Gasteiger partial charge is 0.404 e. The van der Waals surface area contributed by atoms with Gasteiger partial charge in [0.25, 0.3) is 11.5 Å². The van der Waals surface area contributed by atoms with Crippen LogP contribution in [0.4, 0.5) is 10.1 Å². The molecule has 1 aromatic heterocycles. The summed E-state index contributed by atoms with van der Waals surface area (Å²) in [6.45, 7) is 1.60. The first-order chi connectivity index (χ1) is 14.5. The lowest BCUT2D eigenvalue weighted by molar-refractivity contribution is 0.0793. The highest BCUT2D eigenvalue weighted by Gasteiger charge is 2.19. The molecule has 1 aliphatic heterocycles. The molecule has 7 heteroatoms. The van der Waals surface area contributed by atoms with E-state index in [1.165, 1.54) is 30.6 Å². The summed E-state index contributed by atoms with van der Waals surface area (Å²) in [6.07, 6.45) is 4.85. The van der Waals surface area contributed by atoms with Crippen molar-refractivity contribution in [2.45, 2.75) is 12.8 Å². The highest BCUT2D eigenvalue weighted by Crippen LogP contribution is 2.19. The number of nitrogens with two attached hydrogens (primary N) is 1. The number of amides is 1. The van der Waals surface area contributed by atoms with Gasteiger partial charge in [0.2, 0.25) is 0 Å². The quantitative estimate of drug-likeness (QED) is 0.651. The first kappa shape index (κ1) is 19.6. The summed E-state index contributed by atoms with van der Waals surface area (Å²) in [4.78, 5) is 33.8. The number of fused-ring (bicyclic) bond motifs is 1. The van der Waals surface area contributed by atoms with Crippen LogP contribution in [0.25, 0.3) is 16.5 Å². The van der Waals surface area contributed by atoms with Gasteiger partial charge >= 0.3 is 0 Å². The van der Waals surface area contributed by atoms with Gasteiger partial charge in [0, 0.05) is 47.5 Å². The van der Waals surface area contributed by atoms with Crippen molar-refractivity contribution < 1.29 is 9.18 Å². The Kier molecular flexibility index (Phi) is 5.43. The molecule has 6 nitrogen and oxygen atoms in total. The third-order valence-corrected chi connectivity index (χ3v) is 5.16. The number of aromatic amines is 1. The lowest BCUT2D eigenvalue weighted by Gasteiger charge is -2.14. The van der Waals surface area contributed by atoms with Crippen molar-refractivity contribution >= 4 is 34.3 Å². The van der Waals surface area contributed by atoms with Gasteiger partial charge in [0.05, 0.1) is 11.3 Å². The summed E-state index contributed by atoms with van der Waals surface area (Å²) in [7, 11) is 0. The van der Waals surface area contributed by atoms with Gasteiger partial charge in [-0.05, 0) is 61.4 Å². The topological polar surface area (TPSA) is 91.5 Å². The number of benzene rings is 2. The SMILES string of the molecule is NC=C(C=Nc1ccc(C(=O)N2CCCC2)cc1)c1cc2cc(F)ccc2[nH]c1=O. The van der Waals surface area contributed by atoms with Gasteiger partial charge in [0.1, 0.15) is 5.82 Å². The Morgan fingerprint density at radius 3 is 2.53 bits per heavy atom. The van der Waals surface area contributed by atoms with Crippen LogP contribution in [0.3, 0.4) is 0 Å². The van der Waals surface area contributed by atoms with E-state index in [2.05, 4.69) is 9.98 Å². The van der Waals surface area contributed by atoms with Crippen LogP contribution in [0.1, 0.15) is 28.8 Å². The fourth-order valence-corrected chi connectivity index (χ4v) is 3.53. The highest BCUT2D eigenvalue weighted by atomic mass is 19.1. The summed E-state index contributed by atoms with van der Waals surface area (Å²) in [5.41, 5.74) is 7.85. The minimum atomic E-state index is -0.393. The van der Waals surface area contributed by atoms with E-state index in [9.17, 15) is 14.0 Å². The van der Waals surface area contributed by atoms with Gasteiger partial charge in [-0.1, -0.05) is 0 Å². The molecule has 3 N–H and O–H groups in total. The summed E-state index contributed by atoms with van der Waals surface area (Å²) in [5, 5.41) is 0.558. The highest BCUT2D eigenvalue weighted by molar-refractivity contribution is 6.11. The summed E-state index contributed by atoms with van der Waals surface area (Å²) >= 11 is 0. The molecule has 0 spiro atoms. The summed E-state index contributed by atoms with van der Waals surface area (Å²) < 4.78 is 13.5. The molecule has 4 rings (SSSR count). The van der Waals surface area contributed by atoms with E-state index in [1.807, 2.05) is 4.90 Å². The van der Waals surface area contributed by atoms with Crippen LogP contribution in [0.5, 0.6) is 0 Å². The second-order valence-electron chi connectivity index (χ2n) is 7.17. The number of carbonyl (C=O) groups excluding carboxylic acids is 1. The molecular weight excluding hydrogens is 383 g/mol. The molecule has 0 unspecified atom stereocenters. The number of halogens is 1. The van der Waals surface area contributed by atoms with Gasteiger partial charge in [-0.15, -0.1) is 0 Å². The van der Waals surface area contributed by atoms with Crippen molar-refractivity contribution in [3.8, 4) is 0 Å². The third kappa shape index (κ3) is 4.00. The summed E-state index contributed by atoms with van der Waals surface area (Å²) in [5.74, 6) is -0.364. The molecule has 152 valence electrons. The van der Waals surface area contributed by atoms with Crippen molar-refractivity contribution in [3.63, 3.8) is 0 Å². The van der Waals surface area contributed by atoms with Crippen LogP contribution >= 0.6 is 0 Å². The van der Waals surface area contributed by atoms with Crippen molar-refractivity contribution in [2.75, 3.05) is 13.1 Å². The zero-order chi connectivity index (χ0) is 21.1. The second-order valence-corrected chi connectivity index (χ2v) is 7.17.